The van der Waals surface area contributed by atoms with Crippen LogP contribution in [0.15, 0.2) is 78.9 Å². The number of fused-ring (bicyclic) bond motifs is 1. The Kier molecular flexibility index (Phi) is 6.08. The average Bonchev–Trinajstić information content (AvgIpc) is 2.75. The van der Waals surface area contributed by atoms with Crippen LogP contribution in [0, 0.1) is 6.92 Å². The molecule has 2 nitrogen and oxygen atoms in total. The molecule has 0 aliphatic carbocycles. The van der Waals surface area contributed by atoms with E-state index in [4.69, 9.17) is 16.3 Å². The van der Waals surface area contributed by atoms with E-state index in [1.165, 1.54) is 0 Å². The summed E-state index contributed by atoms with van der Waals surface area (Å²) in [5.74, 6) is 0.830. The van der Waals surface area contributed by atoms with Crippen molar-refractivity contribution in [3.63, 3.8) is 0 Å². The molecule has 0 saturated carbocycles. The zero-order valence-corrected chi connectivity index (χ0v) is 18.0. The Labute approximate surface area is 182 Å². The molecule has 4 aromatic rings. The van der Waals surface area contributed by atoms with E-state index in [9.17, 15) is 5.11 Å². The minimum atomic E-state index is -0.394. The summed E-state index contributed by atoms with van der Waals surface area (Å²) in [6, 6.07) is 26.5. The van der Waals surface area contributed by atoms with E-state index in [0.29, 0.717) is 18.1 Å². The van der Waals surface area contributed by atoms with Crippen molar-refractivity contribution >= 4 is 22.4 Å². The molecule has 0 saturated heterocycles. The van der Waals surface area contributed by atoms with Crippen molar-refractivity contribution in [1.82, 2.24) is 0 Å². The fraction of sp³-hybridized carbons (Fsp3) is 0.185. The molecule has 1 atom stereocenters. The Bertz CT molecular complexity index is 1170. The highest BCUT2D eigenvalue weighted by Crippen LogP contribution is 2.42. The van der Waals surface area contributed by atoms with Crippen LogP contribution in [0.2, 0.25) is 5.02 Å². The monoisotopic (exact) mass is 416 g/mol. The van der Waals surface area contributed by atoms with Crippen LogP contribution in [-0.2, 0) is 13.0 Å². The molecule has 4 aromatic carbocycles. The summed E-state index contributed by atoms with van der Waals surface area (Å²) in [5.41, 5.74) is 5.38. The molecule has 0 amide bonds. The number of hydrogen-bond donors (Lipinski definition) is 1. The highest BCUT2D eigenvalue weighted by Gasteiger charge is 2.17. The lowest BCUT2D eigenvalue weighted by atomic mass is 9.93. The molecule has 0 aliphatic rings. The van der Waals surface area contributed by atoms with Crippen molar-refractivity contribution in [3.05, 3.63) is 101 Å². The van der Waals surface area contributed by atoms with Gasteiger partial charge in [-0.2, -0.15) is 0 Å². The largest absolute Gasteiger partial charge is 0.488 e. The second-order valence-corrected chi connectivity index (χ2v) is 8.16. The quantitative estimate of drug-likeness (QED) is 0.367. The number of benzene rings is 4. The van der Waals surface area contributed by atoms with Crippen molar-refractivity contribution in [2.24, 2.45) is 0 Å². The molecule has 30 heavy (non-hydrogen) atoms. The maximum Gasteiger partial charge on any atom is 0.135 e. The molecule has 0 heterocycles. The van der Waals surface area contributed by atoms with Gasteiger partial charge in [-0.3, -0.25) is 0 Å². The molecule has 0 radical (unpaired) electrons. The van der Waals surface area contributed by atoms with E-state index >= 15 is 0 Å². The Hall–Kier alpha value is -2.81. The summed E-state index contributed by atoms with van der Waals surface area (Å²) in [6.45, 7) is 4.37. The van der Waals surface area contributed by atoms with E-state index < -0.39 is 6.10 Å². The molecule has 0 spiro atoms. The summed E-state index contributed by atoms with van der Waals surface area (Å²) in [7, 11) is 0. The minimum absolute atomic E-state index is 0.394. The first kappa shape index (κ1) is 20.5. The van der Waals surface area contributed by atoms with Gasteiger partial charge in [-0.15, -0.1) is 0 Å². The first-order valence-electron chi connectivity index (χ1n) is 10.2. The molecule has 0 aliphatic heterocycles. The maximum absolute atomic E-state index is 9.84. The Morgan fingerprint density at radius 1 is 0.833 bits per heavy atom. The van der Waals surface area contributed by atoms with Crippen molar-refractivity contribution in [2.45, 2.75) is 33.0 Å². The molecule has 1 unspecified atom stereocenters. The molecule has 4 rings (SSSR count). The molecule has 0 bridgehead atoms. The zero-order chi connectivity index (χ0) is 21.1. The summed E-state index contributed by atoms with van der Waals surface area (Å²) >= 11 is 6.68. The van der Waals surface area contributed by atoms with Crippen LogP contribution in [0.5, 0.6) is 5.75 Å². The number of aliphatic hydroxyl groups is 1. The van der Waals surface area contributed by atoms with Gasteiger partial charge >= 0.3 is 0 Å². The van der Waals surface area contributed by atoms with Gasteiger partial charge in [0.2, 0.25) is 0 Å². The summed E-state index contributed by atoms with van der Waals surface area (Å²) in [6.07, 6.45) is 0.212. The topological polar surface area (TPSA) is 29.5 Å². The number of ether oxygens (including phenoxy) is 1. The summed E-state index contributed by atoms with van der Waals surface area (Å²) < 4.78 is 6.41. The highest BCUT2D eigenvalue weighted by atomic mass is 35.5. The lowest BCUT2D eigenvalue weighted by Crippen LogP contribution is -2.04. The Balaban J connectivity index is 1.87. The van der Waals surface area contributed by atoms with Gasteiger partial charge in [0.15, 0.2) is 0 Å². The fourth-order valence-corrected chi connectivity index (χ4v) is 4.09. The first-order valence-corrected chi connectivity index (χ1v) is 10.6. The third kappa shape index (κ3) is 4.35. The van der Waals surface area contributed by atoms with Crippen LogP contribution in [0.25, 0.3) is 21.9 Å². The van der Waals surface area contributed by atoms with Gasteiger partial charge in [-0.05, 0) is 48.6 Å². The molecule has 152 valence electrons. The second kappa shape index (κ2) is 8.91. The fourth-order valence-electron chi connectivity index (χ4n) is 3.82. The zero-order valence-electron chi connectivity index (χ0n) is 17.2. The molecule has 0 fully saturated rings. The van der Waals surface area contributed by atoms with Gasteiger partial charge < -0.3 is 9.84 Å². The van der Waals surface area contributed by atoms with Gasteiger partial charge in [0.05, 0.1) is 6.10 Å². The van der Waals surface area contributed by atoms with E-state index in [0.717, 1.165) is 44.3 Å². The normalized spacial score (nSPS) is 12.1. The van der Waals surface area contributed by atoms with Gasteiger partial charge in [-0.25, -0.2) is 0 Å². The predicted octanol–water partition coefficient (Wildman–Crippen LogP) is 6.97. The van der Waals surface area contributed by atoms with Crippen LogP contribution in [0.4, 0.5) is 0 Å². The van der Waals surface area contributed by atoms with Crippen LogP contribution in [0.3, 0.4) is 0 Å². The molecular formula is C27H25ClO2. The third-order valence-corrected chi connectivity index (χ3v) is 5.61. The number of halogens is 1. The summed E-state index contributed by atoms with van der Waals surface area (Å²) in [5, 5.41) is 12.5. The number of aliphatic hydroxyl groups excluding tert-OH is 1. The van der Waals surface area contributed by atoms with Crippen molar-refractivity contribution < 1.29 is 9.84 Å². The SMILES string of the molecule is Cc1ccc(CC(C)O)cc1-c1cc(Cl)c2ccccc2c1OCc1ccccc1. The van der Waals surface area contributed by atoms with Gasteiger partial charge in [0.1, 0.15) is 12.4 Å². The molecular weight excluding hydrogens is 392 g/mol. The lowest BCUT2D eigenvalue weighted by Gasteiger charge is -2.18. The van der Waals surface area contributed by atoms with Crippen LogP contribution in [-0.4, -0.2) is 11.2 Å². The van der Waals surface area contributed by atoms with Crippen LogP contribution in [0.1, 0.15) is 23.6 Å². The van der Waals surface area contributed by atoms with Crippen molar-refractivity contribution in [3.8, 4) is 16.9 Å². The lowest BCUT2D eigenvalue weighted by molar-refractivity contribution is 0.195. The van der Waals surface area contributed by atoms with Gasteiger partial charge in [0.25, 0.3) is 0 Å². The van der Waals surface area contributed by atoms with Crippen LogP contribution >= 0.6 is 11.6 Å². The number of hydrogen-bond acceptors (Lipinski definition) is 2. The van der Waals surface area contributed by atoms with Crippen molar-refractivity contribution in [2.75, 3.05) is 0 Å². The van der Waals surface area contributed by atoms with E-state index in [2.05, 4.69) is 43.3 Å². The van der Waals surface area contributed by atoms with Crippen molar-refractivity contribution in [1.29, 1.82) is 0 Å². The smallest absolute Gasteiger partial charge is 0.135 e. The van der Waals surface area contributed by atoms with E-state index in [1.807, 2.05) is 42.5 Å². The highest BCUT2D eigenvalue weighted by molar-refractivity contribution is 6.36. The molecule has 3 heteroatoms. The Morgan fingerprint density at radius 3 is 2.27 bits per heavy atom. The third-order valence-electron chi connectivity index (χ3n) is 5.29. The predicted molar refractivity (Wildman–Crippen MR) is 125 cm³/mol. The maximum atomic E-state index is 9.84. The van der Waals surface area contributed by atoms with Crippen LogP contribution < -0.4 is 4.74 Å². The Morgan fingerprint density at radius 2 is 1.53 bits per heavy atom. The van der Waals surface area contributed by atoms with Gasteiger partial charge in [0, 0.05) is 21.4 Å². The molecule has 1 N–H and O–H groups in total. The first-order chi connectivity index (χ1) is 14.5. The van der Waals surface area contributed by atoms with E-state index in [-0.39, 0.29) is 0 Å². The van der Waals surface area contributed by atoms with E-state index in [1.54, 1.807) is 6.92 Å². The number of rotatable bonds is 6. The second-order valence-electron chi connectivity index (χ2n) is 7.76. The minimum Gasteiger partial charge on any atom is -0.488 e. The standard InChI is InChI=1S/C27H25ClO2/c1-18-12-13-21(14-19(2)29)15-24(18)25-16-26(28)22-10-6-7-11-23(22)27(25)30-17-20-8-4-3-5-9-20/h3-13,15-16,19,29H,14,17H2,1-2H3. The van der Waals surface area contributed by atoms with Gasteiger partial charge in [-0.1, -0.05) is 84.4 Å². The summed E-state index contributed by atoms with van der Waals surface area (Å²) in [4.78, 5) is 0. The molecule has 0 aromatic heterocycles. The number of aryl methyl sites for hydroxylation is 1. The average molecular weight is 417 g/mol.